The van der Waals surface area contributed by atoms with Crippen LogP contribution in [0, 0.1) is 0 Å². The number of rotatable bonds is 1. The molecule has 0 saturated heterocycles. The molecule has 0 saturated carbocycles. The van der Waals surface area contributed by atoms with Gasteiger partial charge in [-0.2, -0.15) is 0 Å². The van der Waals surface area contributed by atoms with E-state index in [1.807, 2.05) is 6.07 Å². The predicted octanol–water partition coefficient (Wildman–Crippen LogP) is 2.21. The minimum atomic E-state index is 0.122. The molecule has 1 aromatic carbocycles. The molecule has 1 aliphatic rings. The number of nitrogens with two attached hydrogens (primary N) is 1. The quantitative estimate of drug-likeness (QED) is 0.700. The van der Waals surface area contributed by atoms with Crippen LogP contribution in [0.1, 0.15) is 29.9 Å². The zero-order valence-corrected chi connectivity index (χ0v) is 7.62. The van der Waals surface area contributed by atoms with Gasteiger partial charge < -0.3 is 5.73 Å². The second kappa shape index (κ2) is 3.38. The van der Waals surface area contributed by atoms with E-state index in [4.69, 9.17) is 5.73 Å². The molecule has 0 aromatic heterocycles. The maximum Gasteiger partial charge on any atom is 0.178 e. The summed E-state index contributed by atoms with van der Waals surface area (Å²) in [4.78, 5) is 0. The van der Waals surface area contributed by atoms with E-state index >= 15 is 0 Å². The summed E-state index contributed by atoms with van der Waals surface area (Å²) in [6.07, 6.45) is 3.38. The summed E-state index contributed by atoms with van der Waals surface area (Å²) < 4.78 is 0. The summed E-state index contributed by atoms with van der Waals surface area (Å²) in [5, 5.41) is 11.1. The molecule has 1 aliphatic carbocycles. The van der Waals surface area contributed by atoms with Gasteiger partial charge in [0, 0.05) is 0 Å². The highest BCUT2D eigenvalue weighted by Crippen LogP contribution is 2.32. The first-order valence-corrected chi connectivity index (χ1v) is 4.81. The molecular weight excluding hydrogens is 162 g/mol. The number of hydrogen-bond acceptors (Lipinski definition) is 1. The van der Waals surface area contributed by atoms with E-state index in [1.54, 1.807) is 12.1 Å². The summed E-state index contributed by atoms with van der Waals surface area (Å²) in [6.45, 7) is 0.700. The Labute approximate surface area is 78.4 Å². The van der Waals surface area contributed by atoms with Gasteiger partial charge in [-0.15, -0.1) is 0 Å². The van der Waals surface area contributed by atoms with Gasteiger partial charge in [-0.25, -0.2) is 0 Å². The SMILES string of the molecule is NCC1CCCc2cc([O])ccc21. The molecule has 13 heavy (non-hydrogen) atoms. The van der Waals surface area contributed by atoms with E-state index in [9.17, 15) is 5.11 Å². The molecule has 0 spiro atoms. The number of benzene rings is 1. The topological polar surface area (TPSA) is 45.9 Å². The summed E-state index contributed by atoms with van der Waals surface area (Å²) in [5.74, 6) is 0.598. The normalized spacial score (nSPS) is 21.2. The molecule has 0 fully saturated rings. The van der Waals surface area contributed by atoms with Crippen molar-refractivity contribution in [3.05, 3.63) is 29.3 Å². The molecule has 0 bridgehead atoms. The Kier molecular flexibility index (Phi) is 2.23. The van der Waals surface area contributed by atoms with Gasteiger partial charge >= 0.3 is 0 Å². The lowest BCUT2D eigenvalue weighted by Gasteiger charge is -2.23. The van der Waals surface area contributed by atoms with Crippen molar-refractivity contribution in [3.63, 3.8) is 0 Å². The maximum atomic E-state index is 11.1. The van der Waals surface area contributed by atoms with Gasteiger partial charge in [-0.3, -0.25) is 5.11 Å². The molecule has 1 radical (unpaired) electrons. The fraction of sp³-hybridized carbons (Fsp3) is 0.455. The Morgan fingerprint density at radius 3 is 3.08 bits per heavy atom. The molecule has 2 nitrogen and oxygen atoms in total. The summed E-state index contributed by atoms with van der Waals surface area (Å²) >= 11 is 0. The van der Waals surface area contributed by atoms with Crippen molar-refractivity contribution in [2.24, 2.45) is 5.73 Å². The zero-order chi connectivity index (χ0) is 9.26. The Hall–Kier alpha value is -1.02. The third kappa shape index (κ3) is 1.54. The van der Waals surface area contributed by atoms with E-state index in [1.165, 1.54) is 24.0 Å². The lowest BCUT2D eigenvalue weighted by Crippen LogP contribution is -2.17. The molecule has 1 unspecified atom stereocenters. The largest absolute Gasteiger partial charge is 0.330 e. The van der Waals surface area contributed by atoms with E-state index in [0.29, 0.717) is 12.5 Å². The van der Waals surface area contributed by atoms with Crippen molar-refractivity contribution in [2.75, 3.05) is 6.54 Å². The third-order valence-electron chi connectivity index (χ3n) is 2.84. The fourth-order valence-electron chi connectivity index (χ4n) is 2.14. The Morgan fingerprint density at radius 2 is 2.31 bits per heavy atom. The standard InChI is InChI=1S/C11H14NO/c12-7-9-3-1-2-8-6-10(13)4-5-11(8)9/h4-6,9H,1-3,7,12H2. The molecule has 2 rings (SSSR count). The van der Waals surface area contributed by atoms with Gasteiger partial charge in [0.05, 0.1) is 0 Å². The first-order chi connectivity index (χ1) is 6.31. The monoisotopic (exact) mass is 176 g/mol. The van der Waals surface area contributed by atoms with E-state index in [2.05, 4.69) is 0 Å². The van der Waals surface area contributed by atoms with Crippen LogP contribution in [0.5, 0.6) is 5.75 Å². The summed E-state index contributed by atoms with van der Waals surface area (Å²) in [5.41, 5.74) is 8.19. The van der Waals surface area contributed by atoms with Gasteiger partial charge in [-0.05, 0) is 55.0 Å². The lowest BCUT2D eigenvalue weighted by atomic mass is 9.83. The van der Waals surface area contributed by atoms with Crippen LogP contribution in [0.4, 0.5) is 0 Å². The highest BCUT2D eigenvalue weighted by molar-refractivity contribution is 5.38. The van der Waals surface area contributed by atoms with Crippen LogP contribution in [0.3, 0.4) is 0 Å². The molecule has 0 amide bonds. The maximum absolute atomic E-state index is 11.1. The van der Waals surface area contributed by atoms with Crippen LogP contribution >= 0.6 is 0 Å². The van der Waals surface area contributed by atoms with Gasteiger partial charge in [-0.1, -0.05) is 6.07 Å². The highest BCUT2D eigenvalue weighted by atomic mass is 16.3. The molecular formula is C11H14NO. The summed E-state index contributed by atoms with van der Waals surface area (Å²) in [6, 6.07) is 5.36. The average molecular weight is 176 g/mol. The van der Waals surface area contributed by atoms with Gasteiger partial charge in [0.25, 0.3) is 0 Å². The molecule has 0 heterocycles. The van der Waals surface area contributed by atoms with Crippen molar-refractivity contribution >= 4 is 0 Å². The molecule has 1 atom stereocenters. The first kappa shape index (κ1) is 8.57. The van der Waals surface area contributed by atoms with Crippen molar-refractivity contribution in [3.8, 4) is 5.75 Å². The predicted molar refractivity (Wildman–Crippen MR) is 51.3 cm³/mol. The Balaban J connectivity index is 2.40. The smallest absolute Gasteiger partial charge is 0.178 e. The minimum absolute atomic E-state index is 0.122. The lowest BCUT2D eigenvalue weighted by molar-refractivity contribution is 0.353. The van der Waals surface area contributed by atoms with Gasteiger partial charge in [0.2, 0.25) is 0 Å². The van der Waals surface area contributed by atoms with Crippen LogP contribution in [0.25, 0.3) is 0 Å². The van der Waals surface area contributed by atoms with E-state index in [0.717, 1.165) is 6.42 Å². The van der Waals surface area contributed by atoms with Crippen molar-refractivity contribution in [1.82, 2.24) is 0 Å². The van der Waals surface area contributed by atoms with Crippen LogP contribution in [-0.2, 0) is 11.5 Å². The average Bonchev–Trinajstić information content (AvgIpc) is 2.16. The van der Waals surface area contributed by atoms with Crippen LogP contribution in [0.15, 0.2) is 18.2 Å². The van der Waals surface area contributed by atoms with Crippen molar-refractivity contribution in [1.29, 1.82) is 0 Å². The Bertz CT molecular complexity index is 309. The minimum Gasteiger partial charge on any atom is -0.330 e. The van der Waals surface area contributed by atoms with Crippen LogP contribution in [0.2, 0.25) is 0 Å². The Morgan fingerprint density at radius 1 is 1.46 bits per heavy atom. The van der Waals surface area contributed by atoms with Crippen LogP contribution in [-0.4, -0.2) is 6.54 Å². The fourth-order valence-corrected chi connectivity index (χ4v) is 2.14. The zero-order valence-electron chi connectivity index (χ0n) is 7.62. The highest BCUT2D eigenvalue weighted by Gasteiger charge is 2.18. The van der Waals surface area contributed by atoms with Crippen molar-refractivity contribution < 1.29 is 5.11 Å². The molecule has 0 aliphatic heterocycles. The second-order valence-electron chi connectivity index (χ2n) is 3.69. The van der Waals surface area contributed by atoms with E-state index < -0.39 is 0 Å². The van der Waals surface area contributed by atoms with Crippen LogP contribution < -0.4 is 5.73 Å². The molecule has 2 heteroatoms. The number of hydrogen-bond donors (Lipinski definition) is 1. The molecule has 1 aromatic rings. The first-order valence-electron chi connectivity index (χ1n) is 4.81. The third-order valence-corrected chi connectivity index (χ3v) is 2.84. The number of aryl methyl sites for hydroxylation is 1. The van der Waals surface area contributed by atoms with Gasteiger partial charge in [0.1, 0.15) is 0 Å². The van der Waals surface area contributed by atoms with Gasteiger partial charge in [0.15, 0.2) is 5.75 Å². The molecule has 69 valence electrons. The number of fused-ring (bicyclic) bond motifs is 1. The molecule has 2 N–H and O–H groups in total. The van der Waals surface area contributed by atoms with E-state index in [-0.39, 0.29) is 5.75 Å². The summed E-state index contributed by atoms with van der Waals surface area (Å²) in [7, 11) is 0. The second-order valence-corrected chi connectivity index (χ2v) is 3.69. The van der Waals surface area contributed by atoms with Crippen molar-refractivity contribution in [2.45, 2.75) is 25.2 Å².